The summed E-state index contributed by atoms with van der Waals surface area (Å²) >= 11 is 0. The average Bonchev–Trinajstić information content (AvgIpc) is 2.53. The van der Waals surface area contributed by atoms with E-state index in [0.717, 1.165) is 6.20 Å². The molecule has 0 spiro atoms. The summed E-state index contributed by atoms with van der Waals surface area (Å²) in [6, 6.07) is 3.03. The van der Waals surface area contributed by atoms with Crippen molar-refractivity contribution in [2.45, 2.75) is 11.9 Å². The Morgan fingerprint density at radius 1 is 1.24 bits per heavy atom. The second-order valence-electron chi connectivity index (χ2n) is 4.66. The van der Waals surface area contributed by atoms with Gasteiger partial charge in [0.15, 0.2) is 6.20 Å². The van der Waals surface area contributed by atoms with E-state index in [1.165, 1.54) is 39.3 Å². The molecule has 0 aliphatic carbocycles. The molecule has 0 radical (unpaired) electrons. The normalized spacial score (nSPS) is 10.8. The third kappa shape index (κ3) is 4.23. The van der Waals surface area contributed by atoms with E-state index in [9.17, 15) is 18.4 Å². The van der Waals surface area contributed by atoms with E-state index in [1.807, 2.05) is 0 Å². The molecule has 0 aromatic carbocycles. The van der Waals surface area contributed by atoms with Crippen LogP contribution in [0.25, 0.3) is 0 Å². The maximum Gasteiger partial charge on any atom is 0.335 e. The first-order chi connectivity index (χ1) is 11.8. The lowest BCUT2D eigenvalue weighted by atomic mass is 10.3. The van der Waals surface area contributed by atoms with Gasteiger partial charge in [0.05, 0.1) is 20.3 Å². The number of pyridine rings is 1. The van der Waals surface area contributed by atoms with E-state index in [4.69, 9.17) is 9.47 Å². The topological polar surface area (TPSA) is 146 Å². The van der Waals surface area contributed by atoms with Gasteiger partial charge >= 0.3 is 21.1 Å². The number of amides is 2. The van der Waals surface area contributed by atoms with Gasteiger partial charge in [0, 0.05) is 11.6 Å². The number of aryl methyl sites for hydroxylation is 1. The van der Waals surface area contributed by atoms with Crippen LogP contribution in [-0.2, 0) is 10.0 Å². The quantitative estimate of drug-likeness (QED) is 0.551. The van der Waals surface area contributed by atoms with Crippen LogP contribution in [-0.4, -0.2) is 38.6 Å². The highest BCUT2D eigenvalue weighted by Crippen LogP contribution is 2.17. The molecule has 0 bridgehead atoms. The zero-order chi connectivity index (χ0) is 18.6. The first-order valence-corrected chi connectivity index (χ1v) is 8.25. The van der Waals surface area contributed by atoms with Crippen molar-refractivity contribution in [3.05, 3.63) is 35.2 Å². The standard InChI is InChI=1S/C13H15N5O6S/c1-8-5-4-6-18(20)11(8)25(21,22)17-13(19)16-12-14-9(23-2)7-10(15-12)24-3/h4-7H,1-3H3,(H2,14,15,16,17,19). The lowest BCUT2D eigenvalue weighted by Gasteiger charge is -2.10. The SMILES string of the molecule is COc1cc(OC)nc(NC(=O)NS(=O)(=O)c2c(C)ccc[n+]2[O-])n1. The summed E-state index contributed by atoms with van der Waals surface area (Å²) in [7, 11) is -1.71. The monoisotopic (exact) mass is 369 g/mol. The van der Waals surface area contributed by atoms with E-state index in [1.54, 1.807) is 4.72 Å². The summed E-state index contributed by atoms with van der Waals surface area (Å²) in [6.45, 7) is 1.43. The zero-order valence-electron chi connectivity index (χ0n) is 13.5. The van der Waals surface area contributed by atoms with Crippen molar-refractivity contribution in [1.82, 2.24) is 14.7 Å². The van der Waals surface area contributed by atoms with Gasteiger partial charge in [0.25, 0.3) is 0 Å². The number of rotatable bonds is 5. The number of nitrogens with zero attached hydrogens (tertiary/aromatic N) is 3. The predicted octanol–water partition coefficient (Wildman–Crippen LogP) is -0.0540. The average molecular weight is 369 g/mol. The number of ether oxygens (including phenoxy) is 2. The molecule has 134 valence electrons. The van der Waals surface area contributed by atoms with E-state index in [2.05, 4.69) is 15.3 Å². The number of hydrogen-bond donors (Lipinski definition) is 2. The molecule has 12 heteroatoms. The minimum atomic E-state index is -4.40. The number of urea groups is 1. The fraction of sp³-hybridized carbons (Fsp3) is 0.231. The number of hydrogen-bond acceptors (Lipinski definition) is 8. The second-order valence-corrected chi connectivity index (χ2v) is 6.26. The van der Waals surface area contributed by atoms with Crippen LogP contribution in [0.2, 0.25) is 0 Å². The van der Waals surface area contributed by atoms with Crippen LogP contribution in [0.5, 0.6) is 11.8 Å². The first kappa shape index (κ1) is 18.2. The second kappa shape index (κ2) is 7.17. The molecule has 0 saturated heterocycles. The van der Waals surface area contributed by atoms with Crippen molar-refractivity contribution in [2.24, 2.45) is 0 Å². The molecule has 0 aliphatic rings. The molecular formula is C13H15N5O6S. The summed E-state index contributed by atoms with van der Waals surface area (Å²) in [5.41, 5.74) is 0.178. The number of anilines is 1. The summed E-state index contributed by atoms with van der Waals surface area (Å²) in [5, 5.41) is 13.2. The summed E-state index contributed by atoms with van der Waals surface area (Å²) in [5.74, 6) is -0.0497. The third-order valence-corrected chi connectivity index (χ3v) is 4.37. The van der Waals surface area contributed by atoms with Crippen molar-refractivity contribution in [1.29, 1.82) is 0 Å². The number of sulfonamides is 1. The van der Waals surface area contributed by atoms with Gasteiger partial charge in [0.1, 0.15) is 0 Å². The van der Waals surface area contributed by atoms with Crippen molar-refractivity contribution in [2.75, 3.05) is 19.5 Å². The fourth-order valence-corrected chi connectivity index (χ4v) is 3.06. The van der Waals surface area contributed by atoms with Gasteiger partial charge in [0.2, 0.25) is 17.7 Å². The number of carbonyl (C=O) groups is 1. The molecule has 0 fully saturated rings. The van der Waals surface area contributed by atoms with E-state index >= 15 is 0 Å². The van der Waals surface area contributed by atoms with Crippen molar-refractivity contribution >= 4 is 22.0 Å². The Labute approximate surface area is 143 Å². The van der Waals surface area contributed by atoms with Crippen molar-refractivity contribution in [3.63, 3.8) is 0 Å². The Balaban J connectivity index is 2.23. The van der Waals surface area contributed by atoms with E-state index in [0.29, 0.717) is 0 Å². The Bertz CT molecular complexity index is 859. The van der Waals surface area contributed by atoms with Gasteiger partial charge < -0.3 is 14.7 Å². The van der Waals surface area contributed by atoms with Gasteiger partial charge in [-0.05, 0) is 13.0 Å². The van der Waals surface area contributed by atoms with Crippen LogP contribution in [0.15, 0.2) is 29.4 Å². The van der Waals surface area contributed by atoms with Gasteiger partial charge in [-0.3, -0.25) is 5.32 Å². The minimum absolute atomic E-state index is 0.0984. The molecule has 2 amide bonds. The Morgan fingerprint density at radius 3 is 2.36 bits per heavy atom. The number of nitrogens with one attached hydrogen (secondary N) is 2. The van der Waals surface area contributed by atoms with Crippen molar-refractivity contribution < 1.29 is 27.4 Å². The number of methoxy groups -OCH3 is 2. The van der Waals surface area contributed by atoms with E-state index < -0.39 is 21.1 Å². The highest BCUT2D eigenvalue weighted by Gasteiger charge is 2.28. The van der Waals surface area contributed by atoms with Crippen molar-refractivity contribution in [3.8, 4) is 11.8 Å². The van der Waals surface area contributed by atoms with Crippen LogP contribution in [0.3, 0.4) is 0 Å². The minimum Gasteiger partial charge on any atom is -0.618 e. The van der Waals surface area contributed by atoms with Gasteiger partial charge in [-0.15, -0.1) is 0 Å². The summed E-state index contributed by atoms with van der Waals surface area (Å²) in [4.78, 5) is 19.6. The Morgan fingerprint density at radius 2 is 1.84 bits per heavy atom. The summed E-state index contributed by atoms with van der Waals surface area (Å²) < 4.78 is 36.2. The number of aromatic nitrogens is 3. The lowest BCUT2D eigenvalue weighted by molar-refractivity contribution is -0.647. The van der Waals surface area contributed by atoms with Crippen LogP contribution >= 0.6 is 0 Å². The maximum atomic E-state index is 12.2. The molecule has 0 atom stereocenters. The smallest absolute Gasteiger partial charge is 0.335 e. The molecule has 0 unspecified atom stereocenters. The third-order valence-electron chi connectivity index (χ3n) is 2.91. The highest BCUT2D eigenvalue weighted by atomic mass is 32.2. The maximum absolute atomic E-state index is 12.2. The summed E-state index contributed by atoms with van der Waals surface area (Å²) in [6.07, 6.45) is 1.01. The Hall–Kier alpha value is -3.15. The van der Waals surface area contributed by atoms with Crippen LogP contribution < -0.4 is 24.2 Å². The van der Waals surface area contributed by atoms with E-state index in [-0.39, 0.29) is 28.0 Å². The molecule has 2 aromatic heterocycles. The molecule has 2 rings (SSSR count). The molecule has 2 N–H and O–H groups in total. The molecule has 0 saturated carbocycles. The van der Waals surface area contributed by atoms with Gasteiger partial charge in [-0.1, -0.05) is 0 Å². The van der Waals surface area contributed by atoms with Gasteiger partial charge in [-0.25, -0.2) is 9.52 Å². The zero-order valence-corrected chi connectivity index (χ0v) is 14.3. The fourth-order valence-electron chi connectivity index (χ4n) is 1.88. The number of carbonyl (C=O) groups excluding carboxylic acids is 1. The Kier molecular flexibility index (Phi) is 5.22. The van der Waals surface area contributed by atoms with Crippen LogP contribution in [0, 0.1) is 12.1 Å². The molecule has 25 heavy (non-hydrogen) atoms. The molecule has 0 aliphatic heterocycles. The first-order valence-electron chi connectivity index (χ1n) is 6.76. The molecule has 2 aromatic rings. The highest BCUT2D eigenvalue weighted by molar-refractivity contribution is 7.89. The van der Waals surface area contributed by atoms with Gasteiger partial charge in [-0.2, -0.15) is 23.1 Å². The predicted molar refractivity (Wildman–Crippen MR) is 84.6 cm³/mol. The van der Waals surface area contributed by atoms with Crippen LogP contribution in [0.4, 0.5) is 10.7 Å². The lowest BCUT2D eigenvalue weighted by Crippen LogP contribution is -2.43. The molecule has 11 nitrogen and oxygen atoms in total. The largest absolute Gasteiger partial charge is 0.618 e. The van der Waals surface area contributed by atoms with Crippen LogP contribution in [0.1, 0.15) is 5.56 Å². The molecule has 2 heterocycles. The molecular weight excluding hydrogens is 354 g/mol.